The Bertz CT molecular complexity index is 497. The Morgan fingerprint density at radius 3 is 2.80 bits per heavy atom. The van der Waals surface area contributed by atoms with Crippen LogP contribution in [0.15, 0.2) is 12.2 Å². The van der Waals surface area contributed by atoms with Crippen molar-refractivity contribution in [2.75, 3.05) is 0 Å². The summed E-state index contributed by atoms with van der Waals surface area (Å²) >= 11 is 0. The van der Waals surface area contributed by atoms with Crippen LogP contribution in [0.3, 0.4) is 0 Å². The van der Waals surface area contributed by atoms with Crippen LogP contribution in [0.1, 0.15) is 39.6 Å². The monoisotopic (exact) mass is 202 g/mol. The van der Waals surface area contributed by atoms with Crippen molar-refractivity contribution in [1.29, 1.82) is 0 Å². The summed E-state index contributed by atoms with van der Waals surface area (Å²) in [5, 5.41) is 0. The van der Waals surface area contributed by atoms with Gasteiger partial charge in [-0.1, -0.05) is 0 Å². The third-order valence-corrected chi connectivity index (χ3v) is 2.93. The molecule has 1 aromatic heterocycles. The van der Waals surface area contributed by atoms with Crippen molar-refractivity contribution in [3.63, 3.8) is 0 Å². The summed E-state index contributed by atoms with van der Waals surface area (Å²) in [6, 6.07) is 0. The molecule has 4 heteroatoms. The summed E-state index contributed by atoms with van der Waals surface area (Å²) in [5.74, 6) is 0.647. The highest BCUT2D eigenvalue weighted by atomic mass is 16.1. The maximum absolute atomic E-state index is 11.7. The lowest BCUT2D eigenvalue weighted by molar-refractivity contribution is 0.0985. The smallest absolute Gasteiger partial charge is 0.206 e. The zero-order chi connectivity index (χ0) is 10.4. The Balaban J connectivity index is 2.25. The van der Waals surface area contributed by atoms with Crippen molar-refractivity contribution in [1.82, 2.24) is 9.55 Å². The van der Waals surface area contributed by atoms with E-state index in [2.05, 4.69) is 4.98 Å². The minimum Gasteiger partial charge on any atom is -0.325 e. The fraction of sp³-hybridized carbons (Fsp3) is 0.364. The van der Waals surface area contributed by atoms with Gasteiger partial charge in [0.15, 0.2) is 0 Å². The zero-order valence-electron chi connectivity index (χ0n) is 8.19. The van der Waals surface area contributed by atoms with Gasteiger partial charge in [0.1, 0.15) is 17.2 Å². The molecule has 0 saturated heterocycles. The van der Waals surface area contributed by atoms with Crippen LogP contribution in [0, 0.1) is 0 Å². The van der Waals surface area contributed by atoms with E-state index in [1.807, 2.05) is 4.57 Å². The third kappa shape index (κ3) is 1.11. The van der Waals surface area contributed by atoms with Crippen LogP contribution in [0.2, 0.25) is 0 Å². The number of nitrogens with zero attached hydrogens (tertiary/aromatic N) is 2. The number of rotatable bonds is 0. The summed E-state index contributed by atoms with van der Waals surface area (Å²) < 4.78 is 1.91. The Morgan fingerprint density at radius 1 is 1.13 bits per heavy atom. The van der Waals surface area contributed by atoms with E-state index in [0.29, 0.717) is 11.4 Å². The molecule has 2 heterocycles. The average molecular weight is 202 g/mol. The Labute approximate surface area is 86.6 Å². The Hall–Kier alpha value is -1.71. The highest BCUT2D eigenvalue weighted by Crippen LogP contribution is 2.23. The molecular formula is C11H10N2O2. The summed E-state index contributed by atoms with van der Waals surface area (Å²) in [7, 11) is 0. The van der Waals surface area contributed by atoms with Crippen molar-refractivity contribution < 1.29 is 9.59 Å². The van der Waals surface area contributed by atoms with Gasteiger partial charge in [-0.3, -0.25) is 9.59 Å². The van der Waals surface area contributed by atoms with Crippen LogP contribution in [0.25, 0.3) is 0 Å². The largest absolute Gasteiger partial charge is 0.325 e. The fourth-order valence-electron chi connectivity index (χ4n) is 2.21. The molecule has 0 radical (unpaired) electrons. The van der Waals surface area contributed by atoms with E-state index in [4.69, 9.17) is 0 Å². The molecule has 76 valence electrons. The van der Waals surface area contributed by atoms with Crippen LogP contribution in [0.5, 0.6) is 0 Å². The first-order valence-electron chi connectivity index (χ1n) is 5.13. The van der Waals surface area contributed by atoms with Gasteiger partial charge in [-0.15, -0.1) is 0 Å². The number of allylic oxidation sites excluding steroid dienone is 2. The van der Waals surface area contributed by atoms with E-state index in [0.717, 1.165) is 31.6 Å². The third-order valence-electron chi connectivity index (χ3n) is 2.93. The fourth-order valence-corrected chi connectivity index (χ4v) is 2.21. The number of aromatic nitrogens is 2. The van der Waals surface area contributed by atoms with Gasteiger partial charge in [0.25, 0.3) is 0 Å². The lowest BCUT2D eigenvalue weighted by atomic mass is 10.1. The van der Waals surface area contributed by atoms with Crippen molar-refractivity contribution >= 4 is 11.6 Å². The number of aryl methyl sites for hydroxylation is 1. The minimum atomic E-state index is -0.147. The average Bonchev–Trinajstić information content (AvgIpc) is 2.64. The summed E-state index contributed by atoms with van der Waals surface area (Å²) in [4.78, 5) is 27.5. The second kappa shape index (κ2) is 2.89. The normalized spacial score (nSPS) is 18.9. The van der Waals surface area contributed by atoms with Gasteiger partial charge in [-0.05, 0) is 25.0 Å². The van der Waals surface area contributed by atoms with E-state index in [-0.39, 0.29) is 11.6 Å². The molecule has 0 fully saturated rings. The number of hydrogen-bond acceptors (Lipinski definition) is 3. The van der Waals surface area contributed by atoms with Crippen LogP contribution < -0.4 is 0 Å². The Kier molecular flexibility index (Phi) is 1.65. The van der Waals surface area contributed by atoms with Crippen LogP contribution in [-0.2, 0) is 13.0 Å². The number of hydrogen-bond donors (Lipinski definition) is 0. The van der Waals surface area contributed by atoms with Crippen molar-refractivity contribution in [2.45, 2.75) is 25.8 Å². The van der Waals surface area contributed by atoms with Gasteiger partial charge in [0.05, 0.1) is 0 Å². The lowest BCUT2D eigenvalue weighted by Gasteiger charge is -2.15. The number of carbonyl (C=O) groups excluding carboxylic acids is 2. The molecule has 0 amide bonds. The number of imidazole rings is 1. The SMILES string of the molecule is O=C1C=CC(=O)c2c1nc1n2CCCC1. The maximum Gasteiger partial charge on any atom is 0.206 e. The first kappa shape index (κ1) is 8.59. The molecule has 4 nitrogen and oxygen atoms in total. The number of fused-ring (bicyclic) bond motifs is 3. The van der Waals surface area contributed by atoms with E-state index in [9.17, 15) is 9.59 Å². The van der Waals surface area contributed by atoms with E-state index in [1.165, 1.54) is 12.2 Å². The van der Waals surface area contributed by atoms with E-state index in [1.54, 1.807) is 0 Å². The molecule has 1 aromatic rings. The van der Waals surface area contributed by atoms with Crippen molar-refractivity contribution in [2.24, 2.45) is 0 Å². The molecule has 0 aromatic carbocycles. The highest BCUT2D eigenvalue weighted by Gasteiger charge is 2.28. The van der Waals surface area contributed by atoms with Crippen molar-refractivity contribution in [3.05, 3.63) is 29.4 Å². The lowest BCUT2D eigenvalue weighted by Crippen LogP contribution is -2.18. The molecule has 0 saturated carbocycles. The first-order valence-corrected chi connectivity index (χ1v) is 5.13. The first-order chi connectivity index (χ1) is 7.27. The molecular weight excluding hydrogens is 192 g/mol. The van der Waals surface area contributed by atoms with Crippen LogP contribution in [-0.4, -0.2) is 21.1 Å². The topological polar surface area (TPSA) is 52.0 Å². The van der Waals surface area contributed by atoms with Gasteiger partial charge >= 0.3 is 0 Å². The molecule has 0 N–H and O–H groups in total. The molecule has 0 atom stereocenters. The van der Waals surface area contributed by atoms with Crippen LogP contribution >= 0.6 is 0 Å². The second-order valence-corrected chi connectivity index (χ2v) is 3.90. The van der Waals surface area contributed by atoms with Gasteiger partial charge in [-0.2, -0.15) is 0 Å². The molecule has 0 unspecified atom stereocenters. The summed E-state index contributed by atoms with van der Waals surface area (Å²) in [5.41, 5.74) is 0.844. The summed E-state index contributed by atoms with van der Waals surface area (Å²) in [6.07, 6.45) is 5.66. The van der Waals surface area contributed by atoms with Crippen LogP contribution in [0.4, 0.5) is 0 Å². The molecule has 3 rings (SSSR count). The molecule has 1 aliphatic carbocycles. The van der Waals surface area contributed by atoms with E-state index >= 15 is 0 Å². The molecule has 0 bridgehead atoms. The quantitative estimate of drug-likeness (QED) is 0.634. The predicted octanol–water partition coefficient (Wildman–Crippen LogP) is 1.15. The molecule has 2 aliphatic rings. The van der Waals surface area contributed by atoms with Crippen molar-refractivity contribution in [3.8, 4) is 0 Å². The van der Waals surface area contributed by atoms with Gasteiger partial charge in [0, 0.05) is 13.0 Å². The number of ketones is 2. The minimum absolute atomic E-state index is 0.0924. The second-order valence-electron chi connectivity index (χ2n) is 3.90. The standard InChI is InChI=1S/C11H10N2O2/c14-7-4-5-8(15)11-10(7)12-9-3-1-2-6-13(9)11/h4-5H,1-3,6H2. The van der Waals surface area contributed by atoms with E-state index < -0.39 is 0 Å². The van der Waals surface area contributed by atoms with Gasteiger partial charge < -0.3 is 4.57 Å². The Morgan fingerprint density at radius 2 is 1.93 bits per heavy atom. The predicted molar refractivity (Wildman–Crippen MR) is 53.0 cm³/mol. The van der Waals surface area contributed by atoms with Gasteiger partial charge in [-0.25, -0.2) is 4.98 Å². The number of carbonyl (C=O) groups is 2. The zero-order valence-corrected chi connectivity index (χ0v) is 8.19. The molecule has 0 spiro atoms. The molecule has 1 aliphatic heterocycles. The molecule has 15 heavy (non-hydrogen) atoms. The highest BCUT2D eigenvalue weighted by molar-refractivity contribution is 6.20. The van der Waals surface area contributed by atoms with Gasteiger partial charge in [0.2, 0.25) is 11.6 Å². The maximum atomic E-state index is 11.7. The summed E-state index contributed by atoms with van der Waals surface area (Å²) in [6.45, 7) is 0.810.